The van der Waals surface area contributed by atoms with E-state index in [-0.39, 0.29) is 0 Å². The highest BCUT2D eigenvalue weighted by molar-refractivity contribution is 7.19. The molecule has 0 radical (unpaired) electrons. The van der Waals surface area contributed by atoms with Crippen LogP contribution in [-0.4, -0.2) is 28.0 Å². The highest BCUT2D eigenvalue weighted by Crippen LogP contribution is 2.40. The number of benzene rings is 2. The maximum absolute atomic E-state index is 5.06. The van der Waals surface area contributed by atoms with Gasteiger partial charge >= 0.3 is 0 Å². The average Bonchev–Trinajstić information content (AvgIpc) is 3.31. The number of aryl methyl sites for hydroxylation is 2. The van der Waals surface area contributed by atoms with Crippen molar-refractivity contribution in [1.29, 1.82) is 0 Å². The lowest BCUT2D eigenvalue weighted by Gasteiger charge is -2.29. The zero-order valence-electron chi connectivity index (χ0n) is 22.6. The van der Waals surface area contributed by atoms with Crippen LogP contribution in [0.1, 0.15) is 51.9 Å². The first kappa shape index (κ1) is 27.5. The molecule has 5 rings (SSSR count). The van der Waals surface area contributed by atoms with E-state index in [0.29, 0.717) is 0 Å². The number of piperidine rings is 1. The van der Waals surface area contributed by atoms with Crippen LogP contribution in [0.3, 0.4) is 0 Å². The number of anilines is 1. The van der Waals surface area contributed by atoms with Crippen LogP contribution in [0.2, 0.25) is 0 Å². The van der Waals surface area contributed by atoms with Gasteiger partial charge in [-0.15, -0.1) is 0 Å². The summed E-state index contributed by atoms with van der Waals surface area (Å²) < 4.78 is 0. The summed E-state index contributed by atoms with van der Waals surface area (Å²) in [6, 6.07) is 22.6. The minimum atomic E-state index is 0.791. The van der Waals surface area contributed by atoms with Crippen molar-refractivity contribution in [2.45, 2.75) is 54.4 Å². The number of nitrogens with zero attached hydrogens (tertiary/aromatic N) is 4. The third kappa shape index (κ3) is 8.56. The average molecular weight is 501 g/mol. The van der Waals surface area contributed by atoms with Crippen LogP contribution in [0.4, 0.5) is 5.13 Å². The van der Waals surface area contributed by atoms with Crippen molar-refractivity contribution in [3.63, 3.8) is 0 Å². The standard InChI is InChI=1S/C21H24N4S.C6H6.C4H10/c1-14-8-11-25(12-9-14)21-24-19(17-6-4-5-15(2)13-17)20(26-21)18-7-10-22-16(3)23-18;1-2-4-6-5-3-1;1-4(2)3/h4-7,10,13-14H,8-9,11-12H2,1-3H3;1-6H;4H,1-3H3. The van der Waals surface area contributed by atoms with Crippen LogP contribution in [-0.2, 0) is 0 Å². The monoisotopic (exact) mass is 500 g/mol. The first-order chi connectivity index (χ1) is 17.3. The summed E-state index contributed by atoms with van der Waals surface area (Å²) in [5.41, 5.74) is 4.39. The number of aromatic nitrogens is 3. The van der Waals surface area contributed by atoms with E-state index in [1.54, 1.807) is 11.3 Å². The second kappa shape index (κ2) is 13.9. The summed E-state index contributed by atoms with van der Waals surface area (Å²) in [5, 5.41) is 1.11. The van der Waals surface area contributed by atoms with E-state index in [0.717, 1.165) is 57.7 Å². The maximum atomic E-state index is 5.06. The molecule has 0 aliphatic carbocycles. The van der Waals surface area contributed by atoms with Gasteiger partial charge in [0.2, 0.25) is 0 Å². The van der Waals surface area contributed by atoms with Crippen molar-refractivity contribution in [3.8, 4) is 21.8 Å². The molecule has 0 unspecified atom stereocenters. The zero-order valence-corrected chi connectivity index (χ0v) is 23.4. The Bertz CT molecular complexity index is 1090. The maximum Gasteiger partial charge on any atom is 0.186 e. The minimum absolute atomic E-state index is 0.791. The van der Waals surface area contributed by atoms with Crippen molar-refractivity contribution in [2.75, 3.05) is 18.0 Å². The summed E-state index contributed by atoms with van der Waals surface area (Å²) >= 11 is 1.75. The summed E-state index contributed by atoms with van der Waals surface area (Å²) in [5.74, 6) is 2.44. The Hall–Kier alpha value is -3.05. The van der Waals surface area contributed by atoms with E-state index in [4.69, 9.17) is 4.98 Å². The Balaban J connectivity index is 0.000000303. The predicted molar refractivity (Wildman–Crippen MR) is 156 cm³/mol. The van der Waals surface area contributed by atoms with Gasteiger partial charge in [0.15, 0.2) is 5.13 Å². The molecule has 1 fully saturated rings. The van der Waals surface area contributed by atoms with Crippen molar-refractivity contribution in [2.24, 2.45) is 11.8 Å². The van der Waals surface area contributed by atoms with Crippen LogP contribution < -0.4 is 4.90 Å². The minimum Gasteiger partial charge on any atom is -0.348 e. The van der Waals surface area contributed by atoms with Gasteiger partial charge in [-0.1, -0.05) is 99.2 Å². The topological polar surface area (TPSA) is 41.9 Å². The second-order valence-electron chi connectivity index (χ2n) is 10.1. The quantitative estimate of drug-likeness (QED) is 0.283. The molecule has 0 saturated carbocycles. The zero-order chi connectivity index (χ0) is 25.9. The molecule has 0 N–H and O–H groups in total. The molecule has 0 bridgehead atoms. The van der Waals surface area contributed by atoms with Crippen LogP contribution in [0.5, 0.6) is 0 Å². The molecular weight excluding hydrogens is 460 g/mol. The fraction of sp³-hybridized carbons (Fsp3) is 0.387. The Labute approximate surface area is 221 Å². The fourth-order valence-corrected chi connectivity index (χ4v) is 4.88. The molecule has 2 aromatic carbocycles. The lowest BCUT2D eigenvalue weighted by Crippen LogP contribution is -2.32. The summed E-state index contributed by atoms with van der Waals surface area (Å²) in [4.78, 5) is 17.5. The molecule has 1 aliphatic heterocycles. The van der Waals surface area contributed by atoms with E-state index in [1.165, 1.54) is 18.4 Å². The van der Waals surface area contributed by atoms with Gasteiger partial charge in [0, 0.05) is 24.8 Å². The van der Waals surface area contributed by atoms with Crippen molar-refractivity contribution < 1.29 is 0 Å². The number of hydrogen-bond donors (Lipinski definition) is 0. The number of rotatable bonds is 3. The molecule has 4 aromatic rings. The third-order valence-electron chi connectivity index (χ3n) is 5.64. The fourth-order valence-electron chi connectivity index (χ4n) is 3.77. The Morgan fingerprint density at radius 2 is 1.47 bits per heavy atom. The summed E-state index contributed by atoms with van der Waals surface area (Å²) in [6.45, 7) is 15.1. The molecule has 4 nitrogen and oxygen atoms in total. The molecule has 0 atom stereocenters. The van der Waals surface area contributed by atoms with Gasteiger partial charge in [0.05, 0.1) is 16.3 Å². The highest BCUT2D eigenvalue weighted by atomic mass is 32.1. The van der Waals surface area contributed by atoms with E-state index in [9.17, 15) is 0 Å². The highest BCUT2D eigenvalue weighted by Gasteiger charge is 2.23. The summed E-state index contributed by atoms with van der Waals surface area (Å²) in [7, 11) is 0. The normalized spacial score (nSPS) is 13.5. The van der Waals surface area contributed by atoms with Gasteiger partial charge in [-0.25, -0.2) is 15.0 Å². The first-order valence-corrected chi connectivity index (χ1v) is 13.8. The molecule has 1 aliphatic rings. The molecule has 0 amide bonds. The molecule has 5 heteroatoms. The Morgan fingerprint density at radius 1 is 0.861 bits per heavy atom. The van der Waals surface area contributed by atoms with Crippen molar-refractivity contribution >= 4 is 16.5 Å². The molecule has 2 aromatic heterocycles. The van der Waals surface area contributed by atoms with Gasteiger partial charge in [-0.3, -0.25) is 0 Å². The Kier molecular flexibility index (Phi) is 10.6. The summed E-state index contributed by atoms with van der Waals surface area (Å²) in [6.07, 6.45) is 4.31. The van der Waals surface area contributed by atoms with E-state index < -0.39 is 0 Å². The van der Waals surface area contributed by atoms with Gasteiger partial charge in [-0.2, -0.15) is 0 Å². The van der Waals surface area contributed by atoms with Gasteiger partial charge in [-0.05, 0) is 50.7 Å². The third-order valence-corrected chi connectivity index (χ3v) is 6.78. The van der Waals surface area contributed by atoms with E-state index >= 15 is 0 Å². The van der Waals surface area contributed by atoms with Gasteiger partial charge < -0.3 is 4.90 Å². The lowest BCUT2D eigenvalue weighted by atomic mass is 10.00. The van der Waals surface area contributed by atoms with Gasteiger partial charge in [0.25, 0.3) is 0 Å². The van der Waals surface area contributed by atoms with Gasteiger partial charge in [0.1, 0.15) is 5.82 Å². The van der Waals surface area contributed by atoms with Crippen LogP contribution in [0.25, 0.3) is 21.8 Å². The van der Waals surface area contributed by atoms with E-state index in [2.05, 4.69) is 73.8 Å². The Morgan fingerprint density at radius 3 is 2.03 bits per heavy atom. The molecule has 190 valence electrons. The molecule has 1 saturated heterocycles. The molecule has 0 spiro atoms. The first-order valence-electron chi connectivity index (χ1n) is 13.0. The van der Waals surface area contributed by atoms with Crippen molar-refractivity contribution in [3.05, 3.63) is 84.3 Å². The molecule has 3 heterocycles. The van der Waals surface area contributed by atoms with Crippen molar-refractivity contribution in [1.82, 2.24) is 15.0 Å². The predicted octanol–water partition coefficient (Wildman–Crippen LogP) is 8.47. The van der Waals surface area contributed by atoms with Crippen LogP contribution >= 0.6 is 11.3 Å². The number of thiazole rings is 1. The van der Waals surface area contributed by atoms with Crippen LogP contribution in [0, 0.1) is 25.7 Å². The molecular formula is C31H40N4S. The van der Waals surface area contributed by atoms with E-state index in [1.807, 2.05) is 55.6 Å². The second-order valence-corrected chi connectivity index (χ2v) is 11.1. The largest absolute Gasteiger partial charge is 0.348 e. The lowest BCUT2D eigenvalue weighted by molar-refractivity contribution is 0.438. The SMILES string of the molecule is CC(C)C.Cc1cccc(-c2nc(N3CCC(C)CC3)sc2-c2ccnc(C)n2)c1.c1ccccc1. The van der Waals surface area contributed by atoms with Crippen LogP contribution in [0.15, 0.2) is 72.9 Å². The molecule has 36 heavy (non-hydrogen) atoms. The number of hydrogen-bond acceptors (Lipinski definition) is 5. The smallest absolute Gasteiger partial charge is 0.186 e.